The van der Waals surface area contributed by atoms with Crippen molar-refractivity contribution in [2.75, 3.05) is 0 Å². The average molecular weight is 300 g/mol. The second kappa shape index (κ2) is 6.32. The Balaban J connectivity index is 2.91. The molecule has 1 atom stereocenters. The highest BCUT2D eigenvalue weighted by molar-refractivity contribution is 7.89. The van der Waals surface area contributed by atoms with E-state index in [4.69, 9.17) is 5.11 Å². The molecule has 6 nitrogen and oxygen atoms in total. The number of rotatable bonds is 6. The summed E-state index contributed by atoms with van der Waals surface area (Å²) >= 11 is 0. The number of carbonyl (C=O) groups is 1. The molecule has 0 aromatic carbocycles. The Morgan fingerprint density at radius 2 is 2.10 bits per heavy atom. The van der Waals surface area contributed by atoms with Gasteiger partial charge in [-0.25, -0.2) is 13.1 Å². The highest BCUT2D eigenvalue weighted by Gasteiger charge is 2.26. The van der Waals surface area contributed by atoms with Gasteiger partial charge < -0.3 is 5.11 Å². The lowest BCUT2D eigenvalue weighted by Crippen LogP contribution is -2.39. The third kappa shape index (κ3) is 5.66. The molecule has 0 aliphatic rings. The number of nitrogens with one attached hydrogen (secondary N) is 1. The van der Waals surface area contributed by atoms with Crippen LogP contribution in [0.5, 0.6) is 0 Å². The summed E-state index contributed by atoms with van der Waals surface area (Å²) in [5.41, 5.74) is -0.183. The summed E-state index contributed by atoms with van der Waals surface area (Å²) < 4.78 is 26.8. The molecule has 112 valence electrons. The molecule has 0 saturated carbocycles. The van der Waals surface area contributed by atoms with Crippen LogP contribution >= 0.6 is 0 Å². The van der Waals surface area contributed by atoms with Crippen LogP contribution in [0.25, 0.3) is 0 Å². The molecule has 0 aliphatic heterocycles. The fraction of sp³-hybridized carbons (Fsp3) is 0.538. The smallest absolute Gasteiger partial charge is 0.304 e. The van der Waals surface area contributed by atoms with E-state index in [1.807, 2.05) is 20.8 Å². The van der Waals surface area contributed by atoms with Crippen LogP contribution in [-0.2, 0) is 14.8 Å². The minimum Gasteiger partial charge on any atom is -0.481 e. The van der Waals surface area contributed by atoms with Gasteiger partial charge in [0.05, 0.1) is 6.42 Å². The van der Waals surface area contributed by atoms with Crippen molar-refractivity contribution in [3.63, 3.8) is 0 Å². The summed E-state index contributed by atoms with van der Waals surface area (Å²) in [6, 6.07) is 2.28. The van der Waals surface area contributed by atoms with Crippen molar-refractivity contribution in [3.8, 4) is 0 Å². The number of aromatic nitrogens is 1. The zero-order chi connectivity index (χ0) is 15.4. The van der Waals surface area contributed by atoms with Crippen molar-refractivity contribution in [2.24, 2.45) is 5.41 Å². The van der Waals surface area contributed by atoms with Crippen LogP contribution in [0.15, 0.2) is 29.4 Å². The van der Waals surface area contributed by atoms with E-state index in [1.165, 1.54) is 24.5 Å². The predicted octanol–water partition coefficient (Wildman–Crippen LogP) is 1.64. The first-order chi connectivity index (χ1) is 9.10. The van der Waals surface area contributed by atoms with Gasteiger partial charge in [-0.15, -0.1) is 0 Å². The Hall–Kier alpha value is -1.47. The number of sulfonamides is 1. The van der Waals surface area contributed by atoms with E-state index < -0.39 is 22.0 Å². The first kappa shape index (κ1) is 16.6. The summed E-state index contributed by atoms with van der Waals surface area (Å²) in [5, 5.41) is 8.90. The zero-order valence-electron chi connectivity index (χ0n) is 11.8. The van der Waals surface area contributed by atoms with Crippen molar-refractivity contribution in [1.82, 2.24) is 9.71 Å². The molecule has 0 bridgehead atoms. The molecule has 0 aliphatic carbocycles. The lowest BCUT2D eigenvalue weighted by atomic mass is 9.87. The fourth-order valence-corrected chi connectivity index (χ4v) is 3.10. The Bertz CT molecular complexity index is 549. The Morgan fingerprint density at radius 3 is 2.55 bits per heavy atom. The van der Waals surface area contributed by atoms with Gasteiger partial charge in [0, 0.05) is 18.4 Å². The fourth-order valence-electron chi connectivity index (χ4n) is 1.90. The molecule has 0 fully saturated rings. The van der Waals surface area contributed by atoms with Gasteiger partial charge in [-0.2, -0.15) is 0 Å². The molecule has 1 aromatic rings. The van der Waals surface area contributed by atoms with Crippen LogP contribution in [-0.4, -0.2) is 30.5 Å². The molecule has 1 aromatic heterocycles. The highest BCUT2D eigenvalue weighted by Crippen LogP contribution is 2.23. The number of carboxylic acids is 1. The van der Waals surface area contributed by atoms with Crippen LogP contribution in [0.3, 0.4) is 0 Å². The van der Waals surface area contributed by atoms with E-state index >= 15 is 0 Å². The van der Waals surface area contributed by atoms with Crippen molar-refractivity contribution < 1.29 is 18.3 Å². The molecular formula is C13H20N2O4S. The largest absolute Gasteiger partial charge is 0.481 e. The highest BCUT2D eigenvalue weighted by atomic mass is 32.2. The van der Waals surface area contributed by atoms with Crippen LogP contribution in [0.1, 0.15) is 33.6 Å². The van der Waals surface area contributed by atoms with Crippen molar-refractivity contribution in [3.05, 3.63) is 24.5 Å². The van der Waals surface area contributed by atoms with Gasteiger partial charge in [-0.1, -0.05) is 20.8 Å². The number of hydrogen-bond donors (Lipinski definition) is 2. The maximum atomic E-state index is 12.2. The van der Waals surface area contributed by atoms with Crippen LogP contribution < -0.4 is 4.72 Å². The minimum atomic E-state index is -3.75. The third-order valence-corrected chi connectivity index (χ3v) is 4.05. The zero-order valence-corrected chi connectivity index (χ0v) is 12.6. The molecule has 1 unspecified atom stereocenters. The summed E-state index contributed by atoms with van der Waals surface area (Å²) in [6.45, 7) is 5.79. The number of pyridine rings is 1. The van der Waals surface area contributed by atoms with Gasteiger partial charge in [0.1, 0.15) is 4.90 Å². The molecule has 0 spiro atoms. The van der Waals surface area contributed by atoms with Crippen LogP contribution in [0.4, 0.5) is 0 Å². The SMILES string of the molecule is CC(C)(C)CC(CC(=O)O)NS(=O)(=O)c1cccnc1. The number of nitrogens with zero attached hydrogens (tertiary/aromatic N) is 1. The predicted molar refractivity (Wildman–Crippen MR) is 74.7 cm³/mol. The molecule has 0 radical (unpaired) electrons. The van der Waals surface area contributed by atoms with Gasteiger partial charge in [0.15, 0.2) is 0 Å². The number of carboxylic acid groups (broad SMARTS) is 1. The van der Waals surface area contributed by atoms with E-state index in [0.29, 0.717) is 6.42 Å². The summed E-state index contributed by atoms with van der Waals surface area (Å²) in [7, 11) is -3.75. The van der Waals surface area contributed by atoms with Gasteiger partial charge in [0.25, 0.3) is 0 Å². The summed E-state index contributed by atoms with van der Waals surface area (Å²) in [6.07, 6.45) is 2.88. The Kier molecular flexibility index (Phi) is 5.24. The van der Waals surface area contributed by atoms with Crippen LogP contribution in [0.2, 0.25) is 0 Å². The van der Waals surface area contributed by atoms with E-state index in [-0.39, 0.29) is 16.7 Å². The van der Waals surface area contributed by atoms with E-state index in [2.05, 4.69) is 9.71 Å². The third-order valence-electron chi connectivity index (χ3n) is 2.55. The normalized spacial score (nSPS) is 13.9. The first-order valence-electron chi connectivity index (χ1n) is 6.24. The average Bonchev–Trinajstić information content (AvgIpc) is 2.26. The quantitative estimate of drug-likeness (QED) is 0.832. The summed E-state index contributed by atoms with van der Waals surface area (Å²) in [4.78, 5) is 14.7. The van der Waals surface area contributed by atoms with E-state index in [0.717, 1.165) is 0 Å². The first-order valence-corrected chi connectivity index (χ1v) is 7.73. The summed E-state index contributed by atoms with van der Waals surface area (Å²) in [5.74, 6) is -1.03. The van der Waals surface area contributed by atoms with Gasteiger partial charge in [-0.3, -0.25) is 9.78 Å². The van der Waals surface area contributed by atoms with Crippen molar-refractivity contribution >= 4 is 16.0 Å². The maximum Gasteiger partial charge on any atom is 0.304 e. The molecule has 1 heterocycles. The lowest BCUT2D eigenvalue weighted by molar-refractivity contribution is -0.137. The monoisotopic (exact) mass is 300 g/mol. The van der Waals surface area contributed by atoms with Crippen molar-refractivity contribution in [1.29, 1.82) is 0 Å². The Morgan fingerprint density at radius 1 is 1.45 bits per heavy atom. The molecular weight excluding hydrogens is 280 g/mol. The number of aliphatic carboxylic acids is 1. The second-order valence-corrected chi connectivity index (χ2v) is 7.58. The Labute approximate surface area is 119 Å². The van der Waals surface area contributed by atoms with E-state index in [1.54, 1.807) is 0 Å². The second-order valence-electron chi connectivity index (χ2n) is 5.87. The molecule has 0 amide bonds. The van der Waals surface area contributed by atoms with Gasteiger partial charge in [-0.05, 0) is 24.0 Å². The standard InChI is InChI=1S/C13H20N2O4S/c1-13(2,3)8-10(7-12(16)17)15-20(18,19)11-5-4-6-14-9-11/h4-6,9-10,15H,7-8H2,1-3H3,(H,16,17). The molecule has 7 heteroatoms. The molecule has 20 heavy (non-hydrogen) atoms. The van der Waals surface area contributed by atoms with Gasteiger partial charge >= 0.3 is 5.97 Å². The minimum absolute atomic E-state index is 0.0318. The van der Waals surface area contributed by atoms with Crippen molar-refractivity contribution in [2.45, 2.75) is 44.6 Å². The van der Waals surface area contributed by atoms with Crippen LogP contribution in [0, 0.1) is 5.41 Å². The lowest BCUT2D eigenvalue weighted by Gasteiger charge is -2.25. The van der Waals surface area contributed by atoms with Gasteiger partial charge in [0.2, 0.25) is 10.0 Å². The molecule has 1 rings (SSSR count). The number of hydrogen-bond acceptors (Lipinski definition) is 4. The van der Waals surface area contributed by atoms with E-state index in [9.17, 15) is 13.2 Å². The maximum absolute atomic E-state index is 12.2. The molecule has 2 N–H and O–H groups in total. The topological polar surface area (TPSA) is 96.4 Å². The molecule has 0 saturated heterocycles.